The van der Waals surface area contributed by atoms with Crippen LogP contribution in [0.3, 0.4) is 0 Å². The number of fused-ring (bicyclic) bond motifs is 1. The fourth-order valence-electron chi connectivity index (χ4n) is 2.97. The van der Waals surface area contributed by atoms with Crippen molar-refractivity contribution in [1.29, 1.82) is 0 Å². The number of sulfone groups is 1. The normalized spacial score (nSPS) is 16.8. The SMILES string of the molecule is CC(CS(C)(=O)=O)N(Cc1nc(N)c2ccccc2n1)C1CC1. The van der Waals surface area contributed by atoms with Crippen molar-refractivity contribution in [3.63, 3.8) is 0 Å². The topological polar surface area (TPSA) is 89.2 Å². The van der Waals surface area contributed by atoms with Crippen LogP contribution in [0, 0.1) is 0 Å². The molecule has 0 saturated heterocycles. The molecule has 1 aliphatic carbocycles. The summed E-state index contributed by atoms with van der Waals surface area (Å²) in [4.78, 5) is 11.2. The Kier molecular flexibility index (Phi) is 4.25. The first-order valence-electron chi connectivity index (χ1n) is 7.78. The molecule has 1 aromatic carbocycles. The molecule has 1 fully saturated rings. The van der Waals surface area contributed by atoms with Gasteiger partial charge in [-0.05, 0) is 31.9 Å². The van der Waals surface area contributed by atoms with Gasteiger partial charge in [-0.1, -0.05) is 12.1 Å². The van der Waals surface area contributed by atoms with E-state index >= 15 is 0 Å². The summed E-state index contributed by atoms with van der Waals surface area (Å²) in [6.45, 7) is 2.47. The van der Waals surface area contributed by atoms with Gasteiger partial charge in [-0.25, -0.2) is 18.4 Å². The van der Waals surface area contributed by atoms with E-state index in [0.717, 1.165) is 23.7 Å². The van der Waals surface area contributed by atoms with Gasteiger partial charge in [-0.3, -0.25) is 4.90 Å². The van der Waals surface area contributed by atoms with E-state index < -0.39 is 9.84 Å². The van der Waals surface area contributed by atoms with Crippen LogP contribution in [0.4, 0.5) is 5.82 Å². The number of rotatable bonds is 6. The molecule has 3 rings (SSSR count). The number of nitrogens with zero attached hydrogens (tertiary/aromatic N) is 3. The molecule has 1 saturated carbocycles. The van der Waals surface area contributed by atoms with Crippen molar-refractivity contribution in [2.75, 3.05) is 17.7 Å². The number of hydrogen-bond acceptors (Lipinski definition) is 6. The van der Waals surface area contributed by atoms with Crippen molar-refractivity contribution in [3.8, 4) is 0 Å². The van der Waals surface area contributed by atoms with Crippen molar-refractivity contribution in [1.82, 2.24) is 14.9 Å². The Morgan fingerprint density at radius 3 is 2.65 bits per heavy atom. The first-order valence-corrected chi connectivity index (χ1v) is 9.84. The predicted molar refractivity (Wildman–Crippen MR) is 91.7 cm³/mol. The molecule has 1 atom stereocenters. The molecule has 0 amide bonds. The lowest BCUT2D eigenvalue weighted by Crippen LogP contribution is -2.39. The highest BCUT2D eigenvalue weighted by Crippen LogP contribution is 2.30. The molecule has 1 unspecified atom stereocenters. The van der Waals surface area contributed by atoms with Gasteiger partial charge in [0.25, 0.3) is 0 Å². The largest absolute Gasteiger partial charge is 0.383 e. The molecule has 0 bridgehead atoms. The molecule has 1 aliphatic rings. The maximum Gasteiger partial charge on any atom is 0.148 e. The lowest BCUT2D eigenvalue weighted by Gasteiger charge is -2.28. The zero-order valence-electron chi connectivity index (χ0n) is 13.4. The second-order valence-electron chi connectivity index (χ2n) is 6.39. The van der Waals surface area contributed by atoms with Crippen molar-refractivity contribution in [2.45, 2.75) is 38.4 Å². The van der Waals surface area contributed by atoms with Crippen LogP contribution in [0.15, 0.2) is 24.3 Å². The lowest BCUT2D eigenvalue weighted by atomic mass is 10.2. The number of para-hydroxylation sites is 1. The first-order chi connectivity index (χ1) is 10.8. The van der Waals surface area contributed by atoms with E-state index in [4.69, 9.17) is 5.73 Å². The first kappa shape index (κ1) is 16.1. The van der Waals surface area contributed by atoms with E-state index in [1.54, 1.807) is 0 Å². The van der Waals surface area contributed by atoms with Crippen LogP contribution >= 0.6 is 0 Å². The number of anilines is 1. The second kappa shape index (κ2) is 6.05. The Balaban J connectivity index is 1.86. The minimum atomic E-state index is -3.02. The summed E-state index contributed by atoms with van der Waals surface area (Å²) in [5.41, 5.74) is 6.86. The lowest BCUT2D eigenvalue weighted by molar-refractivity contribution is 0.199. The Bertz CT molecular complexity index is 818. The molecular weight excluding hydrogens is 312 g/mol. The summed E-state index contributed by atoms with van der Waals surface area (Å²) in [5.74, 6) is 1.26. The molecule has 2 aromatic rings. The third-order valence-electron chi connectivity index (χ3n) is 4.13. The molecule has 0 aliphatic heterocycles. The Morgan fingerprint density at radius 2 is 2.00 bits per heavy atom. The highest BCUT2D eigenvalue weighted by molar-refractivity contribution is 7.90. The molecule has 124 valence electrons. The highest BCUT2D eigenvalue weighted by atomic mass is 32.2. The van der Waals surface area contributed by atoms with Crippen LogP contribution in [0.1, 0.15) is 25.6 Å². The molecule has 0 radical (unpaired) electrons. The van der Waals surface area contributed by atoms with Crippen LogP contribution in [0.25, 0.3) is 10.9 Å². The molecule has 23 heavy (non-hydrogen) atoms. The van der Waals surface area contributed by atoms with Crippen LogP contribution in [0.2, 0.25) is 0 Å². The van der Waals surface area contributed by atoms with E-state index in [0.29, 0.717) is 24.2 Å². The molecule has 0 spiro atoms. The fraction of sp³-hybridized carbons (Fsp3) is 0.500. The van der Waals surface area contributed by atoms with Gasteiger partial charge in [0.05, 0.1) is 17.8 Å². The minimum Gasteiger partial charge on any atom is -0.383 e. The van der Waals surface area contributed by atoms with Crippen molar-refractivity contribution >= 4 is 26.6 Å². The van der Waals surface area contributed by atoms with E-state index in [9.17, 15) is 8.42 Å². The van der Waals surface area contributed by atoms with Gasteiger partial charge in [-0.2, -0.15) is 0 Å². The van der Waals surface area contributed by atoms with E-state index in [1.165, 1.54) is 6.26 Å². The Hall–Kier alpha value is -1.73. The predicted octanol–water partition coefficient (Wildman–Crippen LogP) is 1.61. The third kappa shape index (κ3) is 3.97. The average Bonchev–Trinajstić information content (AvgIpc) is 3.27. The smallest absolute Gasteiger partial charge is 0.148 e. The van der Waals surface area contributed by atoms with Crippen molar-refractivity contribution in [3.05, 3.63) is 30.1 Å². The highest BCUT2D eigenvalue weighted by Gasteiger charge is 2.34. The Morgan fingerprint density at radius 1 is 1.30 bits per heavy atom. The molecular formula is C16H22N4O2S. The van der Waals surface area contributed by atoms with Crippen LogP contribution in [-0.4, -0.2) is 47.4 Å². The van der Waals surface area contributed by atoms with Gasteiger partial charge in [-0.15, -0.1) is 0 Å². The second-order valence-corrected chi connectivity index (χ2v) is 8.57. The number of nitrogen functional groups attached to an aromatic ring is 1. The summed E-state index contributed by atoms with van der Waals surface area (Å²) in [5, 5.41) is 0.846. The Labute approximate surface area is 136 Å². The van der Waals surface area contributed by atoms with E-state index in [2.05, 4.69) is 14.9 Å². The van der Waals surface area contributed by atoms with Gasteiger partial charge < -0.3 is 5.73 Å². The fourth-order valence-corrected chi connectivity index (χ4v) is 4.04. The van der Waals surface area contributed by atoms with Crippen LogP contribution in [0.5, 0.6) is 0 Å². The zero-order chi connectivity index (χ0) is 16.6. The summed E-state index contributed by atoms with van der Waals surface area (Å²) in [6.07, 6.45) is 3.47. The quantitative estimate of drug-likeness (QED) is 0.863. The maximum atomic E-state index is 11.6. The van der Waals surface area contributed by atoms with Gasteiger partial charge in [0.1, 0.15) is 21.5 Å². The van der Waals surface area contributed by atoms with Gasteiger partial charge in [0, 0.05) is 23.7 Å². The summed E-state index contributed by atoms with van der Waals surface area (Å²) < 4.78 is 23.2. The monoisotopic (exact) mass is 334 g/mol. The molecule has 6 nitrogen and oxygen atoms in total. The van der Waals surface area contributed by atoms with E-state index in [1.807, 2.05) is 31.2 Å². The molecule has 1 aromatic heterocycles. The molecule has 1 heterocycles. The average molecular weight is 334 g/mol. The summed E-state index contributed by atoms with van der Waals surface area (Å²) in [7, 11) is -3.02. The number of hydrogen-bond donors (Lipinski definition) is 1. The molecule has 7 heteroatoms. The number of aromatic nitrogens is 2. The standard InChI is InChI=1S/C16H22N4O2S/c1-11(10-23(2,21)22)20(12-7-8-12)9-15-18-14-6-4-3-5-13(14)16(17)19-15/h3-6,11-12H,7-10H2,1-2H3,(H2,17,18,19). The minimum absolute atomic E-state index is 0.0613. The van der Waals surface area contributed by atoms with Crippen molar-refractivity contribution < 1.29 is 8.42 Å². The number of benzene rings is 1. The van der Waals surface area contributed by atoms with Crippen molar-refractivity contribution in [2.24, 2.45) is 0 Å². The third-order valence-corrected chi connectivity index (χ3v) is 5.22. The van der Waals surface area contributed by atoms with Crippen LogP contribution < -0.4 is 5.73 Å². The summed E-state index contributed by atoms with van der Waals surface area (Å²) in [6, 6.07) is 8.00. The van der Waals surface area contributed by atoms with E-state index in [-0.39, 0.29) is 11.8 Å². The number of nitrogens with two attached hydrogens (primary N) is 1. The van der Waals surface area contributed by atoms with Gasteiger partial charge in [0.15, 0.2) is 0 Å². The van der Waals surface area contributed by atoms with Crippen LogP contribution in [-0.2, 0) is 16.4 Å². The summed E-state index contributed by atoms with van der Waals surface area (Å²) >= 11 is 0. The zero-order valence-corrected chi connectivity index (χ0v) is 14.3. The van der Waals surface area contributed by atoms with Gasteiger partial charge >= 0.3 is 0 Å². The molecule has 2 N–H and O–H groups in total. The maximum absolute atomic E-state index is 11.6. The van der Waals surface area contributed by atoms with Gasteiger partial charge in [0.2, 0.25) is 0 Å².